The number of carbonyl (C=O) groups is 1. The topological polar surface area (TPSA) is 82.6 Å². The van der Waals surface area contributed by atoms with Gasteiger partial charge in [0.2, 0.25) is 11.7 Å². The first kappa shape index (κ1) is 23.1. The summed E-state index contributed by atoms with van der Waals surface area (Å²) in [5, 5.41) is 3.55. The van der Waals surface area contributed by atoms with Crippen LogP contribution in [0.1, 0.15) is 17.0 Å². The number of aromatic nitrogens is 2. The Labute approximate surface area is 191 Å². The van der Waals surface area contributed by atoms with Gasteiger partial charge in [-0.05, 0) is 79.7 Å². The zero-order valence-corrected chi connectivity index (χ0v) is 19.4. The Morgan fingerprint density at radius 2 is 1.50 bits per heavy atom. The molecule has 0 saturated carbocycles. The van der Waals surface area contributed by atoms with Gasteiger partial charge in [0.05, 0.1) is 21.3 Å². The molecule has 0 radical (unpaired) electrons. The summed E-state index contributed by atoms with van der Waals surface area (Å²) in [5.41, 5.74) is 3.30. The van der Waals surface area contributed by atoms with Crippen molar-refractivity contribution in [3.05, 3.63) is 65.5 Å². The molecule has 0 aliphatic carbocycles. The van der Waals surface area contributed by atoms with Gasteiger partial charge in [-0.2, -0.15) is 0 Å². The monoisotopic (exact) mass is 451 g/mol. The van der Waals surface area contributed by atoms with Gasteiger partial charge in [-0.15, -0.1) is 0 Å². The molecule has 0 aliphatic rings. The van der Waals surface area contributed by atoms with E-state index in [4.69, 9.17) is 14.2 Å². The number of amides is 1. The van der Waals surface area contributed by atoms with Gasteiger partial charge in [-0.1, -0.05) is 0 Å². The minimum Gasteiger partial charge on any atom is -0.493 e. The Hall–Kier alpha value is -3.52. The van der Waals surface area contributed by atoms with Crippen molar-refractivity contribution in [1.82, 2.24) is 9.97 Å². The number of aryl methyl sites for hydroxylation is 2. The van der Waals surface area contributed by atoms with Crippen LogP contribution in [0.2, 0.25) is 0 Å². The molecule has 8 heteroatoms. The Morgan fingerprint density at radius 1 is 0.906 bits per heavy atom. The van der Waals surface area contributed by atoms with Crippen LogP contribution >= 0.6 is 11.8 Å². The van der Waals surface area contributed by atoms with Crippen molar-refractivity contribution in [2.45, 2.75) is 23.9 Å². The molecule has 3 aromatic rings. The summed E-state index contributed by atoms with van der Waals surface area (Å²) in [5.74, 6) is 1.29. The second-order valence-corrected chi connectivity index (χ2v) is 7.88. The van der Waals surface area contributed by atoms with Gasteiger partial charge in [0.15, 0.2) is 16.7 Å². The van der Waals surface area contributed by atoms with E-state index in [-0.39, 0.29) is 5.91 Å². The molecular formula is C24H25N3O4S. The average Bonchev–Trinajstić information content (AvgIpc) is 2.77. The maximum Gasteiger partial charge on any atom is 0.248 e. The van der Waals surface area contributed by atoms with Crippen LogP contribution in [0.4, 0.5) is 5.69 Å². The van der Waals surface area contributed by atoms with Crippen molar-refractivity contribution in [2.24, 2.45) is 0 Å². The van der Waals surface area contributed by atoms with Gasteiger partial charge in [0.25, 0.3) is 0 Å². The van der Waals surface area contributed by atoms with E-state index in [1.165, 1.54) is 17.8 Å². The van der Waals surface area contributed by atoms with E-state index < -0.39 is 0 Å². The van der Waals surface area contributed by atoms with Crippen molar-refractivity contribution in [3.8, 4) is 17.2 Å². The maximum absolute atomic E-state index is 12.4. The number of rotatable bonds is 8. The normalized spacial score (nSPS) is 10.8. The molecule has 0 spiro atoms. The van der Waals surface area contributed by atoms with E-state index in [0.717, 1.165) is 21.8 Å². The third-order valence-electron chi connectivity index (χ3n) is 4.41. The average molecular weight is 452 g/mol. The van der Waals surface area contributed by atoms with E-state index >= 15 is 0 Å². The van der Waals surface area contributed by atoms with Crippen LogP contribution in [0, 0.1) is 13.8 Å². The Bertz CT molecular complexity index is 1090. The van der Waals surface area contributed by atoms with Crippen LogP contribution in [0.3, 0.4) is 0 Å². The minimum atomic E-state index is -0.253. The van der Waals surface area contributed by atoms with E-state index in [0.29, 0.717) is 28.1 Å². The van der Waals surface area contributed by atoms with Gasteiger partial charge < -0.3 is 19.5 Å². The summed E-state index contributed by atoms with van der Waals surface area (Å²) in [4.78, 5) is 22.2. The fourth-order valence-corrected chi connectivity index (χ4v) is 3.87. The molecule has 1 aromatic heterocycles. The molecule has 1 amide bonds. The number of ether oxygens (including phenoxy) is 3. The molecule has 0 saturated heterocycles. The Balaban J connectivity index is 1.65. The van der Waals surface area contributed by atoms with Crippen molar-refractivity contribution in [3.63, 3.8) is 0 Å². The Morgan fingerprint density at radius 3 is 2.03 bits per heavy atom. The van der Waals surface area contributed by atoms with Gasteiger partial charge in [-0.3, -0.25) is 4.79 Å². The standard InChI is InChI=1S/C24H25N3O4S/c1-15-12-16(2)26-24(25-15)32-19-9-7-18(8-10-19)27-22(28)11-6-17-13-20(29-3)23(31-5)21(14-17)30-4/h6-14H,1-5H3,(H,27,28)/b11-6+. The first-order valence-corrected chi connectivity index (χ1v) is 10.6. The summed E-state index contributed by atoms with van der Waals surface area (Å²) in [6, 6.07) is 13.0. The van der Waals surface area contributed by atoms with Gasteiger partial charge in [-0.25, -0.2) is 9.97 Å². The van der Waals surface area contributed by atoms with Gasteiger partial charge >= 0.3 is 0 Å². The van der Waals surface area contributed by atoms with Crippen molar-refractivity contribution < 1.29 is 19.0 Å². The fourth-order valence-electron chi connectivity index (χ4n) is 3.00. The van der Waals surface area contributed by atoms with Crippen molar-refractivity contribution in [2.75, 3.05) is 26.6 Å². The zero-order chi connectivity index (χ0) is 23.1. The lowest BCUT2D eigenvalue weighted by atomic mass is 10.1. The molecule has 0 unspecified atom stereocenters. The van der Waals surface area contributed by atoms with Crippen LogP contribution in [0.15, 0.2) is 58.6 Å². The number of hydrogen-bond donors (Lipinski definition) is 1. The minimum absolute atomic E-state index is 0.253. The highest BCUT2D eigenvalue weighted by molar-refractivity contribution is 7.99. The highest BCUT2D eigenvalue weighted by atomic mass is 32.2. The van der Waals surface area contributed by atoms with Crippen molar-refractivity contribution in [1.29, 1.82) is 0 Å². The van der Waals surface area contributed by atoms with Crippen molar-refractivity contribution >= 4 is 29.4 Å². The first-order valence-electron chi connectivity index (χ1n) is 9.81. The predicted octanol–water partition coefficient (Wildman–Crippen LogP) is 4.92. The Kier molecular flexibility index (Phi) is 7.72. The lowest BCUT2D eigenvalue weighted by molar-refractivity contribution is -0.111. The number of hydrogen-bond acceptors (Lipinski definition) is 7. The highest BCUT2D eigenvalue weighted by Gasteiger charge is 2.12. The molecule has 2 aromatic carbocycles. The first-order chi connectivity index (χ1) is 15.4. The molecule has 0 aliphatic heterocycles. The van der Waals surface area contributed by atoms with Crippen LogP contribution in [-0.2, 0) is 4.79 Å². The van der Waals surface area contributed by atoms with E-state index in [1.54, 1.807) is 39.5 Å². The predicted molar refractivity (Wildman–Crippen MR) is 126 cm³/mol. The summed E-state index contributed by atoms with van der Waals surface area (Å²) >= 11 is 1.48. The molecule has 1 heterocycles. The smallest absolute Gasteiger partial charge is 0.248 e. The van der Waals surface area contributed by atoms with Crippen LogP contribution in [-0.4, -0.2) is 37.2 Å². The van der Waals surface area contributed by atoms with Crippen LogP contribution in [0.5, 0.6) is 17.2 Å². The van der Waals surface area contributed by atoms with E-state index in [2.05, 4.69) is 15.3 Å². The molecule has 166 valence electrons. The zero-order valence-electron chi connectivity index (χ0n) is 18.6. The summed E-state index contributed by atoms with van der Waals surface area (Å²) in [7, 11) is 4.64. The maximum atomic E-state index is 12.4. The summed E-state index contributed by atoms with van der Waals surface area (Å²) in [6.07, 6.45) is 3.13. The molecular weight excluding hydrogens is 426 g/mol. The van der Waals surface area contributed by atoms with Crippen LogP contribution in [0.25, 0.3) is 6.08 Å². The number of nitrogens with zero attached hydrogens (tertiary/aromatic N) is 2. The van der Waals surface area contributed by atoms with E-state index in [1.807, 2.05) is 44.2 Å². The van der Waals surface area contributed by atoms with Crippen LogP contribution < -0.4 is 19.5 Å². The molecule has 7 nitrogen and oxygen atoms in total. The largest absolute Gasteiger partial charge is 0.493 e. The molecule has 0 atom stereocenters. The second kappa shape index (κ2) is 10.7. The number of anilines is 1. The lowest BCUT2D eigenvalue weighted by Crippen LogP contribution is -2.07. The summed E-state index contributed by atoms with van der Waals surface area (Å²) in [6.45, 7) is 3.89. The molecule has 3 rings (SSSR count). The molecule has 0 fully saturated rings. The fraction of sp³-hybridized carbons (Fsp3) is 0.208. The number of benzene rings is 2. The number of nitrogens with one attached hydrogen (secondary N) is 1. The quantitative estimate of drug-likeness (QED) is 0.384. The summed E-state index contributed by atoms with van der Waals surface area (Å²) < 4.78 is 16.0. The lowest BCUT2D eigenvalue weighted by Gasteiger charge is -2.12. The second-order valence-electron chi connectivity index (χ2n) is 6.84. The van der Waals surface area contributed by atoms with Gasteiger partial charge in [0, 0.05) is 28.0 Å². The number of methoxy groups -OCH3 is 3. The molecule has 1 N–H and O–H groups in total. The SMILES string of the molecule is COc1cc(/C=C/C(=O)Nc2ccc(Sc3nc(C)cc(C)n3)cc2)cc(OC)c1OC. The number of carbonyl (C=O) groups excluding carboxylic acids is 1. The van der Waals surface area contributed by atoms with E-state index in [9.17, 15) is 4.79 Å². The molecule has 32 heavy (non-hydrogen) atoms. The third-order valence-corrected chi connectivity index (χ3v) is 5.28. The van der Waals surface area contributed by atoms with Gasteiger partial charge in [0.1, 0.15) is 0 Å². The highest BCUT2D eigenvalue weighted by Crippen LogP contribution is 2.38. The third kappa shape index (κ3) is 6.01. The molecule has 0 bridgehead atoms.